The molecule has 1 amide bonds. The lowest BCUT2D eigenvalue weighted by Gasteiger charge is -2.43. The van der Waals surface area contributed by atoms with Crippen molar-refractivity contribution in [2.24, 2.45) is 11.8 Å². The van der Waals surface area contributed by atoms with E-state index in [0.29, 0.717) is 65.0 Å². The number of carbonyl (C=O) groups is 2. The lowest BCUT2D eigenvalue weighted by molar-refractivity contribution is -0.143. The van der Waals surface area contributed by atoms with Gasteiger partial charge in [0.25, 0.3) is 0 Å². The Morgan fingerprint density at radius 1 is 1.14 bits per heavy atom. The summed E-state index contributed by atoms with van der Waals surface area (Å²) in [6.07, 6.45) is -0.207. The van der Waals surface area contributed by atoms with Crippen molar-refractivity contribution in [1.29, 1.82) is 0 Å². The number of hydrogen-bond acceptors (Lipinski definition) is 5. The normalized spacial score (nSPS) is 27.3. The van der Waals surface area contributed by atoms with Crippen molar-refractivity contribution in [2.75, 3.05) is 32.8 Å². The summed E-state index contributed by atoms with van der Waals surface area (Å²) in [5.41, 5.74) is -1.48. The molecule has 1 aliphatic carbocycles. The number of rotatable bonds is 7. The van der Waals surface area contributed by atoms with E-state index in [-0.39, 0.29) is 29.6 Å². The van der Waals surface area contributed by atoms with E-state index >= 15 is 0 Å². The smallest absolute Gasteiger partial charge is 0.416 e. The standard InChI is InChI=1S/C25H33F3N2O5/c26-25(27,28)19-2-1-3-20(14-19)35-21-8-11-30(16-21)24(9-12-34-13-10-24)23(33)29-15-17-4-6-18(7-5-17)22(31)32/h1-3,14,17-18,21H,4-13,15-16H2,(H,29,33)(H,31,32)/t17?,18?,21-/m1/s1. The summed E-state index contributed by atoms with van der Waals surface area (Å²) in [7, 11) is 0. The fourth-order valence-electron chi connectivity index (χ4n) is 5.56. The monoisotopic (exact) mass is 498 g/mol. The van der Waals surface area contributed by atoms with Gasteiger partial charge in [-0.2, -0.15) is 13.2 Å². The quantitative estimate of drug-likeness (QED) is 0.596. The van der Waals surface area contributed by atoms with E-state index in [1.54, 1.807) is 0 Å². The number of likely N-dealkylation sites (tertiary alicyclic amines) is 1. The number of nitrogens with one attached hydrogen (secondary N) is 1. The molecule has 3 fully saturated rings. The van der Waals surface area contributed by atoms with E-state index in [9.17, 15) is 27.9 Å². The molecule has 10 heteroatoms. The topological polar surface area (TPSA) is 88.1 Å². The van der Waals surface area contributed by atoms with E-state index < -0.39 is 23.2 Å². The van der Waals surface area contributed by atoms with E-state index in [0.717, 1.165) is 25.0 Å². The summed E-state index contributed by atoms with van der Waals surface area (Å²) < 4.78 is 50.5. The zero-order valence-corrected chi connectivity index (χ0v) is 19.7. The Hall–Kier alpha value is -2.33. The summed E-state index contributed by atoms with van der Waals surface area (Å²) in [5.74, 6) is -0.649. The van der Waals surface area contributed by atoms with Gasteiger partial charge >= 0.3 is 12.1 Å². The average molecular weight is 499 g/mol. The van der Waals surface area contributed by atoms with Crippen LogP contribution in [0.15, 0.2) is 24.3 Å². The second kappa shape index (κ2) is 10.7. The first-order chi connectivity index (χ1) is 16.7. The van der Waals surface area contributed by atoms with Gasteiger partial charge in [0.1, 0.15) is 17.4 Å². The van der Waals surface area contributed by atoms with Gasteiger partial charge in [0.2, 0.25) is 5.91 Å². The molecular formula is C25H33F3N2O5. The minimum atomic E-state index is -4.43. The van der Waals surface area contributed by atoms with E-state index in [1.165, 1.54) is 12.1 Å². The second-order valence-corrected chi connectivity index (χ2v) is 9.91. The largest absolute Gasteiger partial charge is 0.489 e. The fourth-order valence-corrected chi connectivity index (χ4v) is 5.56. The highest BCUT2D eigenvalue weighted by Crippen LogP contribution is 2.35. The number of benzene rings is 1. The maximum Gasteiger partial charge on any atom is 0.416 e. The number of carboxylic acids is 1. The van der Waals surface area contributed by atoms with Crippen molar-refractivity contribution < 1.29 is 37.3 Å². The van der Waals surface area contributed by atoms with Crippen molar-refractivity contribution in [1.82, 2.24) is 10.2 Å². The number of ether oxygens (including phenoxy) is 2. The van der Waals surface area contributed by atoms with Gasteiger partial charge in [0, 0.05) is 32.8 Å². The molecule has 1 aromatic carbocycles. The molecule has 35 heavy (non-hydrogen) atoms. The van der Waals surface area contributed by atoms with Crippen molar-refractivity contribution in [3.63, 3.8) is 0 Å². The van der Waals surface area contributed by atoms with Crippen molar-refractivity contribution >= 4 is 11.9 Å². The molecule has 2 heterocycles. The Labute approximate surface area is 202 Å². The van der Waals surface area contributed by atoms with Crippen LogP contribution in [0.3, 0.4) is 0 Å². The van der Waals surface area contributed by atoms with E-state index in [2.05, 4.69) is 10.2 Å². The first kappa shape index (κ1) is 25.8. The van der Waals surface area contributed by atoms with Crippen LogP contribution in [-0.4, -0.2) is 66.4 Å². The Kier molecular flexibility index (Phi) is 7.90. The summed E-state index contributed by atoms with van der Waals surface area (Å²) in [6, 6.07) is 4.89. The van der Waals surface area contributed by atoms with Crippen LogP contribution < -0.4 is 10.1 Å². The molecule has 0 bridgehead atoms. The third kappa shape index (κ3) is 6.09. The van der Waals surface area contributed by atoms with Gasteiger partial charge in [-0.15, -0.1) is 0 Å². The molecule has 194 valence electrons. The number of amides is 1. The minimum absolute atomic E-state index is 0.0547. The van der Waals surface area contributed by atoms with Gasteiger partial charge < -0.3 is 19.9 Å². The zero-order valence-electron chi connectivity index (χ0n) is 19.7. The van der Waals surface area contributed by atoms with Gasteiger partial charge in [-0.05, 0) is 69.1 Å². The van der Waals surface area contributed by atoms with Gasteiger partial charge in [0.15, 0.2) is 0 Å². The predicted molar refractivity (Wildman–Crippen MR) is 121 cm³/mol. The number of alkyl halides is 3. The summed E-state index contributed by atoms with van der Waals surface area (Å²) in [6.45, 7) is 2.51. The van der Waals surface area contributed by atoms with Crippen LogP contribution in [0.5, 0.6) is 5.75 Å². The number of hydrogen-bond donors (Lipinski definition) is 2. The molecule has 7 nitrogen and oxygen atoms in total. The van der Waals surface area contributed by atoms with Crippen molar-refractivity contribution in [3.8, 4) is 5.75 Å². The van der Waals surface area contributed by atoms with Crippen molar-refractivity contribution in [2.45, 2.75) is 62.8 Å². The fraction of sp³-hybridized carbons (Fsp3) is 0.680. The Morgan fingerprint density at radius 2 is 1.86 bits per heavy atom. The molecule has 4 rings (SSSR count). The number of carbonyl (C=O) groups excluding carboxylic acids is 1. The first-order valence-corrected chi connectivity index (χ1v) is 12.4. The maximum atomic E-state index is 13.5. The number of aliphatic carboxylic acids is 1. The molecule has 3 aliphatic rings. The molecule has 2 saturated heterocycles. The molecule has 0 unspecified atom stereocenters. The Morgan fingerprint density at radius 3 is 2.51 bits per heavy atom. The highest BCUT2D eigenvalue weighted by atomic mass is 19.4. The lowest BCUT2D eigenvalue weighted by atomic mass is 9.81. The summed E-state index contributed by atoms with van der Waals surface area (Å²) in [5, 5.41) is 12.3. The second-order valence-electron chi connectivity index (χ2n) is 9.91. The predicted octanol–water partition coefficient (Wildman–Crippen LogP) is 3.71. The SMILES string of the molecule is O=C(O)C1CCC(CNC(=O)C2(N3CC[C@@H](Oc4cccc(C(F)(F)F)c4)C3)CCOCC2)CC1. The lowest BCUT2D eigenvalue weighted by Crippen LogP contribution is -2.61. The van der Waals surface area contributed by atoms with Gasteiger partial charge in [0.05, 0.1) is 11.5 Å². The molecule has 1 aromatic rings. The van der Waals surface area contributed by atoms with Crippen molar-refractivity contribution in [3.05, 3.63) is 29.8 Å². The third-order valence-electron chi connectivity index (χ3n) is 7.70. The number of halogens is 3. The van der Waals surface area contributed by atoms with E-state index in [4.69, 9.17) is 9.47 Å². The average Bonchev–Trinajstić information content (AvgIpc) is 3.32. The molecule has 1 saturated carbocycles. The number of carboxylic acid groups (broad SMARTS) is 1. The van der Waals surface area contributed by atoms with Crippen LogP contribution in [0.2, 0.25) is 0 Å². The molecule has 2 N–H and O–H groups in total. The third-order valence-corrected chi connectivity index (χ3v) is 7.70. The molecular weight excluding hydrogens is 465 g/mol. The molecule has 2 aliphatic heterocycles. The van der Waals surface area contributed by atoms with Gasteiger partial charge in [-0.3, -0.25) is 14.5 Å². The van der Waals surface area contributed by atoms with Crippen LogP contribution >= 0.6 is 0 Å². The van der Waals surface area contributed by atoms with E-state index in [1.807, 2.05) is 0 Å². The Balaban J connectivity index is 1.36. The maximum absolute atomic E-state index is 13.5. The Bertz CT molecular complexity index is 895. The van der Waals surface area contributed by atoms with Crippen LogP contribution in [0.1, 0.15) is 50.5 Å². The first-order valence-electron chi connectivity index (χ1n) is 12.4. The summed E-state index contributed by atoms with van der Waals surface area (Å²) >= 11 is 0. The highest BCUT2D eigenvalue weighted by molar-refractivity contribution is 5.86. The van der Waals surface area contributed by atoms with Crippen LogP contribution in [0.25, 0.3) is 0 Å². The highest BCUT2D eigenvalue weighted by Gasteiger charge is 2.48. The van der Waals surface area contributed by atoms with Gasteiger partial charge in [-0.1, -0.05) is 6.07 Å². The molecule has 1 atom stereocenters. The molecule has 0 radical (unpaired) electrons. The molecule has 0 spiro atoms. The zero-order chi connectivity index (χ0) is 25.1. The number of nitrogens with zero attached hydrogens (tertiary/aromatic N) is 1. The van der Waals surface area contributed by atoms with Crippen LogP contribution in [0.4, 0.5) is 13.2 Å². The molecule has 0 aromatic heterocycles. The van der Waals surface area contributed by atoms with Crippen LogP contribution in [0, 0.1) is 11.8 Å². The summed E-state index contributed by atoms with van der Waals surface area (Å²) in [4.78, 5) is 26.8. The van der Waals surface area contributed by atoms with Crippen LogP contribution in [-0.2, 0) is 20.5 Å². The minimum Gasteiger partial charge on any atom is -0.489 e. The van der Waals surface area contributed by atoms with Gasteiger partial charge in [-0.25, -0.2) is 0 Å².